The van der Waals surface area contributed by atoms with E-state index in [4.69, 9.17) is 9.40 Å². The predicted molar refractivity (Wildman–Crippen MR) is 246 cm³/mol. The average molecular weight is 818 g/mol. The number of hydrogen-bond donors (Lipinski definition) is 0. The van der Waals surface area contributed by atoms with E-state index in [1.807, 2.05) is 45.3 Å². The Morgan fingerprint density at radius 1 is 0.677 bits per heavy atom. The van der Waals surface area contributed by atoms with Crippen molar-refractivity contribution in [1.82, 2.24) is 13.8 Å². The minimum Gasteiger partial charge on any atom is -0.455 e. The van der Waals surface area contributed by atoms with E-state index >= 15 is 8.78 Å². The van der Waals surface area contributed by atoms with Gasteiger partial charge in [0.2, 0.25) is 0 Å². The molecule has 6 aliphatic carbocycles. The van der Waals surface area contributed by atoms with Gasteiger partial charge in [-0.1, -0.05) is 59.2 Å². The molecule has 0 saturated heterocycles. The number of ketones is 1. The number of para-hydroxylation sites is 1. The quantitative estimate of drug-likeness (QED) is 0.153. The summed E-state index contributed by atoms with van der Waals surface area (Å²) in [5.41, 5.74) is 9.96. The summed E-state index contributed by atoms with van der Waals surface area (Å²) in [5, 5.41) is 7.70. The van der Waals surface area contributed by atoms with Gasteiger partial charge in [0.25, 0.3) is 0 Å². The van der Waals surface area contributed by atoms with Crippen molar-refractivity contribution in [2.75, 3.05) is 0 Å². The third kappa shape index (κ3) is 3.79. The van der Waals surface area contributed by atoms with Crippen LogP contribution in [0.3, 0.4) is 0 Å². The summed E-state index contributed by atoms with van der Waals surface area (Å²) >= 11 is 0. The molecule has 4 bridgehead atoms. The lowest BCUT2D eigenvalue weighted by atomic mass is 9.64. The molecule has 0 radical (unpaired) electrons. The molecule has 0 amide bonds. The first-order valence-electron chi connectivity index (χ1n) is 22.9. The van der Waals surface area contributed by atoms with Crippen LogP contribution in [-0.2, 0) is 16.2 Å². The van der Waals surface area contributed by atoms with Crippen molar-refractivity contribution < 1.29 is 18.0 Å². The zero-order valence-corrected chi connectivity index (χ0v) is 35.7. The molecule has 0 N–H and O–H groups in total. The van der Waals surface area contributed by atoms with Crippen LogP contribution in [0, 0.1) is 17.6 Å². The van der Waals surface area contributed by atoms with Gasteiger partial charge >= 0.3 is 0 Å². The summed E-state index contributed by atoms with van der Waals surface area (Å²) in [7, 11) is 0. The summed E-state index contributed by atoms with van der Waals surface area (Å²) in [6.07, 6.45) is 11.3. The topological polar surface area (TPSA) is 51.9 Å². The zero-order valence-electron chi connectivity index (χ0n) is 35.7. The molecule has 5 aromatic carbocycles. The molecule has 17 rings (SSSR count). The first-order chi connectivity index (χ1) is 29.8. The molecule has 6 aliphatic rings. The second-order valence-electron chi connectivity index (χ2n) is 21.6. The smallest absolute Gasteiger partial charge is 0.166 e. The van der Waals surface area contributed by atoms with Crippen molar-refractivity contribution in [3.05, 3.63) is 100 Å². The Hall–Kier alpha value is -5.82. The second kappa shape index (κ2) is 10.7. The maximum absolute atomic E-state index is 18.9. The number of carbonyl (C=O) groups excluding carboxylic acids is 1. The lowest BCUT2D eigenvalue weighted by molar-refractivity contribution is 0.0898. The molecule has 2 saturated carbocycles. The molecule has 0 aliphatic heterocycles. The maximum Gasteiger partial charge on any atom is 0.166 e. The van der Waals surface area contributed by atoms with E-state index in [9.17, 15) is 4.79 Å². The number of nitrogens with zero attached hydrogens (tertiary/aromatic N) is 3. The minimum atomic E-state index is -0.465. The summed E-state index contributed by atoms with van der Waals surface area (Å²) in [6, 6.07) is 18.8. The van der Waals surface area contributed by atoms with E-state index in [0.717, 1.165) is 134 Å². The van der Waals surface area contributed by atoms with Gasteiger partial charge < -0.3 is 13.2 Å². The van der Waals surface area contributed by atoms with Crippen LogP contribution >= 0.6 is 0 Å². The van der Waals surface area contributed by atoms with E-state index in [1.165, 1.54) is 11.3 Å². The van der Waals surface area contributed by atoms with E-state index in [-0.39, 0.29) is 49.8 Å². The number of aromatic nitrogens is 3. The van der Waals surface area contributed by atoms with Gasteiger partial charge in [0.05, 0.1) is 55.8 Å². The Kier molecular flexibility index (Phi) is 5.98. The van der Waals surface area contributed by atoms with Gasteiger partial charge in [0.15, 0.2) is 17.4 Å². The molecule has 2 fully saturated rings. The highest BCUT2D eigenvalue weighted by molar-refractivity contribution is 6.35. The highest BCUT2D eigenvalue weighted by Crippen LogP contribution is 2.58. The monoisotopic (exact) mass is 817 g/mol. The number of hydrogen-bond acceptors (Lipinski definition) is 3. The van der Waals surface area contributed by atoms with Crippen molar-refractivity contribution >= 4 is 104 Å². The highest BCUT2D eigenvalue weighted by atomic mass is 19.1. The van der Waals surface area contributed by atoms with Crippen LogP contribution in [-0.4, -0.2) is 19.6 Å². The molecule has 306 valence electrons. The number of rotatable bonds is 0. The van der Waals surface area contributed by atoms with Crippen LogP contribution in [0.5, 0.6) is 0 Å². The molecule has 2 atom stereocenters. The molecule has 0 spiro atoms. The SMILES string of the molecule is CC(C)(C)c1cc2c3c4c(ncc3n3c5c(F)c6c7c8oc9ccccc9c8cc8c9cc%10c(cc9n(c6c(F)c5c(c1)c23)c87)C(=O)C1CCC%10CC1)C1(C)CCCC4(C)CC1. The van der Waals surface area contributed by atoms with Crippen LogP contribution in [0.15, 0.2) is 65.2 Å². The number of benzene rings is 5. The van der Waals surface area contributed by atoms with E-state index in [0.29, 0.717) is 22.5 Å². The van der Waals surface area contributed by atoms with Crippen molar-refractivity contribution in [3.63, 3.8) is 0 Å². The van der Waals surface area contributed by atoms with Crippen LogP contribution in [0.4, 0.5) is 8.78 Å². The van der Waals surface area contributed by atoms with Gasteiger partial charge in [0.1, 0.15) is 11.2 Å². The third-order valence-corrected chi connectivity index (χ3v) is 17.3. The lowest BCUT2D eigenvalue weighted by Gasteiger charge is -2.41. The van der Waals surface area contributed by atoms with Crippen LogP contribution in [0.1, 0.15) is 131 Å². The molecule has 11 aromatic rings. The first kappa shape index (κ1) is 34.7. The third-order valence-electron chi connectivity index (χ3n) is 17.3. The van der Waals surface area contributed by atoms with Crippen molar-refractivity contribution in [2.45, 2.75) is 115 Å². The first-order valence-corrected chi connectivity index (χ1v) is 22.9. The molecule has 6 heterocycles. The Morgan fingerprint density at radius 2 is 1.37 bits per heavy atom. The summed E-state index contributed by atoms with van der Waals surface area (Å²) in [6.45, 7) is 11.4. The van der Waals surface area contributed by atoms with Gasteiger partial charge in [0, 0.05) is 60.0 Å². The fourth-order valence-electron chi connectivity index (χ4n) is 14.1. The van der Waals surface area contributed by atoms with Gasteiger partial charge in [-0.15, -0.1) is 0 Å². The van der Waals surface area contributed by atoms with Crippen LogP contribution in [0.2, 0.25) is 0 Å². The van der Waals surface area contributed by atoms with Gasteiger partial charge in [-0.2, -0.15) is 0 Å². The molecule has 7 heteroatoms. The van der Waals surface area contributed by atoms with E-state index < -0.39 is 11.6 Å². The fraction of sp³-hybridized carbons (Fsp3) is 0.345. The largest absolute Gasteiger partial charge is 0.455 e. The molecule has 62 heavy (non-hydrogen) atoms. The lowest BCUT2D eigenvalue weighted by Crippen LogP contribution is -2.35. The number of carbonyl (C=O) groups is 1. The number of Topliss-reactive ketones (excluding diaryl/α,β-unsaturated/α-hetero) is 1. The fourth-order valence-corrected chi connectivity index (χ4v) is 14.1. The Labute approximate surface area is 355 Å². The molecule has 2 unspecified atom stereocenters. The van der Waals surface area contributed by atoms with Gasteiger partial charge in [-0.3, -0.25) is 9.78 Å². The number of halogens is 2. The van der Waals surface area contributed by atoms with Gasteiger partial charge in [-0.05, 0) is 121 Å². The standard InChI is InChI=1S/C55H45F2N3O2/c1-53(2,3)27-19-34-39-37(24-58-52-43(39)54(4)15-8-16-55(52,5)18-17-54)60-46(34)35(20-27)40-44(56)49-41(45(57)48(40)60)42-47-31(22-33-28-9-6-7-10-38(28)62-51(33)42)30-21-29-25-11-13-26(14-12-25)50(61)32(29)23-36(30)59(47)49/h6-7,9-10,19-26H,8,11-18H2,1-5H3. The average Bonchev–Trinajstić information content (AvgIpc) is 4.00. The molecular formula is C55H45F2N3O2. The number of pyridine rings is 1. The van der Waals surface area contributed by atoms with Crippen molar-refractivity contribution in [2.24, 2.45) is 5.92 Å². The van der Waals surface area contributed by atoms with Crippen molar-refractivity contribution in [1.29, 1.82) is 0 Å². The maximum atomic E-state index is 18.9. The Bertz CT molecular complexity index is 3930. The summed E-state index contributed by atoms with van der Waals surface area (Å²) < 4.78 is 48.4. The summed E-state index contributed by atoms with van der Waals surface area (Å²) in [4.78, 5) is 19.6. The van der Waals surface area contributed by atoms with Crippen LogP contribution < -0.4 is 0 Å². The number of fused-ring (bicyclic) bond motifs is 21. The second-order valence-corrected chi connectivity index (χ2v) is 21.6. The number of furan rings is 1. The minimum absolute atomic E-state index is 0.00844. The highest BCUT2D eigenvalue weighted by Gasteiger charge is 2.48. The molecule has 6 aromatic heterocycles. The van der Waals surface area contributed by atoms with Crippen molar-refractivity contribution in [3.8, 4) is 0 Å². The van der Waals surface area contributed by atoms with E-state index in [2.05, 4.69) is 58.9 Å². The summed E-state index contributed by atoms with van der Waals surface area (Å²) in [5.74, 6) is -0.410. The zero-order chi connectivity index (χ0) is 41.7. The Balaban J connectivity index is 1.20. The predicted octanol–water partition coefficient (Wildman–Crippen LogP) is 14.8. The van der Waals surface area contributed by atoms with Gasteiger partial charge in [-0.25, -0.2) is 8.78 Å². The Morgan fingerprint density at radius 3 is 2.18 bits per heavy atom. The van der Waals surface area contributed by atoms with Crippen LogP contribution in [0.25, 0.3) is 98.1 Å². The van der Waals surface area contributed by atoms with E-state index in [1.54, 1.807) is 0 Å². The molecule has 5 nitrogen and oxygen atoms in total. The molecular weight excluding hydrogens is 773 g/mol. The normalized spacial score (nSPS) is 24.3.